The van der Waals surface area contributed by atoms with Crippen molar-refractivity contribution in [1.82, 2.24) is 0 Å². The van der Waals surface area contributed by atoms with Gasteiger partial charge in [0, 0.05) is 0 Å². The van der Waals surface area contributed by atoms with Gasteiger partial charge in [-0.15, -0.1) is 0 Å². The Labute approximate surface area is 179 Å². The molecule has 3 aromatic carbocycles. The van der Waals surface area contributed by atoms with Crippen LogP contribution in [0.5, 0.6) is 11.5 Å². The van der Waals surface area contributed by atoms with Gasteiger partial charge in [-0.25, -0.2) is 0 Å². The molecular formula is C26H18O5. The van der Waals surface area contributed by atoms with Crippen LogP contribution in [0.4, 0.5) is 0 Å². The van der Waals surface area contributed by atoms with Gasteiger partial charge in [0.25, 0.3) is 0 Å². The largest absolute Gasteiger partial charge is 0.457 e. The van der Waals surface area contributed by atoms with Crippen LogP contribution in [0.2, 0.25) is 0 Å². The number of para-hydroxylation sites is 1. The van der Waals surface area contributed by atoms with Crippen LogP contribution in [0.15, 0.2) is 91.0 Å². The Hall–Kier alpha value is -4.12. The molecule has 0 amide bonds. The first-order valence-electron chi connectivity index (χ1n) is 9.77. The summed E-state index contributed by atoms with van der Waals surface area (Å²) in [6.45, 7) is 0. The number of allylic oxidation sites excluding steroid dienone is 1. The lowest BCUT2D eigenvalue weighted by atomic mass is 9.75. The summed E-state index contributed by atoms with van der Waals surface area (Å²) in [4.78, 5) is 50.6. The number of ether oxygens (including phenoxy) is 1. The Morgan fingerprint density at radius 2 is 1.10 bits per heavy atom. The number of benzene rings is 3. The van der Waals surface area contributed by atoms with Crippen molar-refractivity contribution in [2.45, 2.75) is 5.92 Å². The maximum Gasteiger partial charge on any atom is 0.214 e. The molecule has 1 aliphatic carbocycles. The highest BCUT2D eigenvalue weighted by Gasteiger charge is 2.48. The van der Waals surface area contributed by atoms with Gasteiger partial charge in [-0.1, -0.05) is 72.8 Å². The van der Waals surface area contributed by atoms with Gasteiger partial charge >= 0.3 is 0 Å². The molecule has 0 unspecified atom stereocenters. The zero-order valence-corrected chi connectivity index (χ0v) is 16.4. The van der Waals surface area contributed by atoms with Crippen molar-refractivity contribution in [3.63, 3.8) is 0 Å². The highest BCUT2D eigenvalue weighted by atomic mass is 16.5. The topological polar surface area (TPSA) is 77.5 Å². The third-order valence-corrected chi connectivity index (χ3v) is 5.05. The first kappa shape index (κ1) is 20.2. The van der Waals surface area contributed by atoms with E-state index in [1.165, 1.54) is 18.2 Å². The fourth-order valence-electron chi connectivity index (χ4n) is 3.43. The Kier molecular flexibility index (Phi) is 5.67. The molecule has 31 heavy (non-hydrogen) atoms. The van der Waals surface area contributed by atoms with Crippen molar-refractivity contribution in [3.8, 4) is 11.5 Å². The smallest absolute Gasteiger partial charge is 0.214 e. The summed E-state index contributed by atoms with van der Waals surface area (Å²) >= 11 is 0. The van der Waals surface area contributed by atoms with Gasteiger partial charge in [0.1, 0.15) is 23.3 Å². The Balaban J connectivity index is 1.53. The number of rotatable bonds is 5. The second-order valence-corrected chi connectivity index (χ2v) is 7.12. The van der Waals surface area contributed by atoms with Gasteiger partial charge in [-0.05, 0) is 35.4 Å². The van der Waals surface area contributed by atoms with Crippen LogP contribution in [0.1, 0.15) is 17.0 Å². The van der Waals surface area contributed by atoms with E-state index in [1.54, 1.807) is 42.5 Å². The van der Waals surface area contributed by atoms with Crippen LogP contribution in [-0.4, -0.2) is 23.1 Å². The van der Waals surface area contributed by atoms with E-state index in [0.717, 1.165) is 5.56 Å². The van der Waals surface area contributed by atoms with Gasteiger partial charge in [0.15, 0.2) is 0 Å². The number of hydrogen-bond acceptors (Lipinski definition) is 5. The molecule has 0 saturated heterocycles. The minimum Gasteiger partial charge on any atom is -0.457 e. The molecule has 3 aromatic rings. The molecule has 0 bridgehead atoms. The molecule has 4 rings (SSSR count). The van der Waals surface area contributed by atoms with E-state index < -0.39 is 35.0 Å². The molecule has 5 nitrogen and oxygen atoms in total. The van der Waals surface area contributed by atoms with Crippen molar-refractivity contribution in [2.24, 2.45) is 5.92 Å². The van der Waals surface area contributed by atoms with Crippen molar-refractivity contribution in [1.29, 1.82) is 0 Å². The molecular weight excluding hydrogens is 392 g/mol. The molecule has 0 atom stereocenters. The van der Waals surface area contributed by atoms with E-state index in [1.807, 2.05) is 36.4 Å². The van der Waals surface area contributed by atoms with E-state index in [2.05, 4.69) is 0 Å². The Morgan fingerprint density at radius 1 is 0.581 bits per heavy atom. The monoisotopic (exact) mass is 410 g/mol. The third kappa shape index (κ3) is 4.26. The van der Waals surface area contributed by atoms with Crippen LogP contribution >= 0.6 is 0 Å². The van der Waals surface area contributed by atoms with Gasteiger partial charge in [0.2, 0.25) is 23.1 Å². The van der Waals surface area contributed by atoms with E-state index in [-0.39, 0.29) is 0 Å². The first-order chi connectivity index (χ1) is 15.0. The molecule has 0 aliphatic heterocycles. The second kappa shape index (κ2) is 8.71. The van der Waals surface area contributed by atoms with Crippen molar-refractivity contribution in [2.75, 3.05) is 0 Å². The zero-order valence-electron chi connectivity index (χ0n) is 16.4. The molecule has 1 saturated carbocycles. The fraction of sp³-hybridized carbons (Fsp3) is 0.0769. The normalized spacial score (nSPS) is 19.1. The lowest BCUT2D eigenvalue weighted by Gasteiger charge is -2.22. The van der Waals surface area contributed by atoms with Crippen molar-refractivity contribution >= 4 is 29.2 Å². The number of carbonyl (C=O) groups is 4. The SMILES string of the molecule is O=C1C(=O)C(c2ccc(Oc3ccccc3)cc2)C(=O)C(=O)C1C=Cc1ccccc1. The van der Waals surface area contributed by atoms with Crippen LogP contribution in [-0.2, 0) is 19.2 Å². The minimum absolute atomic E-state index is 0.294. The quantitative estimate of drug-likeness (QED) is 0.466. The summed E-state index contributed by atoms with van der Waals surface area (Å²) in [5, 5.41) is 0. The van der Waals surface area contributed by atoms with Crippen LogP contribution in [0, 0.1) is 5.92 Å². The molecule has 0 N–H and O–H groups in total. The van der Waals surface area contributed by atoms with Gasteiger partial charge in [0.05, 0.1) is 0 Å². The van der Waals surface area contributed by atoms with E-state index >= 15 is 0 Å². The average molecular weight is 410 g/mol. The summed E-state index contributed by atoms with van der Waals surface area (Å²) in [7, 11) is 0. The standard InChI is InChI=1S/C26H18O5/c27-23-21(16-11-17-7-3-1-4-8-17)24(28)26(30)22(25(23)29)18-12-14-20(15-13-18)31-19-9-5-2-6-10-19/h1-16,21-22H. The Morgan fingerprint density at radius 3 is 1.68 bits per heavy atom. The molecule has 5 heteroatoms. The summed E-state index contributed by atoms with van der Waals surface area (Å²) in [5.74, 6) is -5.12. The molecule has 0 heterocycles. The van der Waals surface area contributed by atoms with E-state index in [9.17, 15) is 19.2 Å². The lowest BCUT2D eigenvalue weighted by molar-refractivity contribution is -0.151. The molecule has 0 radical (unpaired) electrons. The summed E-state index contributed by atoms with van der Waals surface area (Å²) in [5.41, 5.74) is 1.06. The summed E-state index contributed by atoms with van der Waals surface area (Å²) in [6.07, 6.45) is 2.89. The summed E-state index contributed by atoms with van der Waals surface area (Å²) < 4.78 is 5.69. The van der Waals surface area contributed by atoms with Crippen molar-refractivity contribution < 1.29 is 23.9 Å². The molecule has 0 aromatic heterocycles. The minimum atomic E-state index is -1.41. The maximum atomic E-state index is 12.7. The average Bonchev–Trinajstić information content (AvgIpc) is 2.80. The fourth-order valence-corrected chi connectivity index (χ4v) is 3.43. The lowest BCUT2D eigenvalue weighted by Crippen LogP contribution is -2.46. The number of Topliss-reactive ketones (excluding diaryl/α,β-unsaturated/α-hetero) is 4. The highest BCUT2D eigenvalue weighted by Crippen LogP contribution is 2.30. The predicted molar refractivity (Wildman–Crippen MR) is 115 cm³/mol. The third-order valence-electron chi connectivity index (χ3n) is 5.05. The maximum absolute atomic E-state index is 12.7. The van der Waals surface area contributed by atoms with Crippen LogP contribution in [0.3, 0.4) is 0 Å². The Bertz CT molecular complexity index is 1130. The van der Waals surface area contributed by atoms with E-state index in [4.69, 9.17) is 4.74 Å². The zero-order chi connectivity index (χ0) is 21.8. The number of hydrogen-bond donors (Lipinski definition) is 0. The predicted octanol–water partition coefficient (Wildman–Crippen LogP) is 4.18. The van der Waals surface area contributed by atoms with Gasteiger partial charge in [-0.2, -0.15) is 0 Å². The number of carbonyl (C=O) groups excluding carboxylic acids is 4. The van der Waals surface area contributed by atoms with Gasteiger partial charge in [-0.3, -0.25) is 19.2 Å². The van der Waals surface area contributed by atoms with Crippen LogP contribution < -0.4 is 4.74 Å². The van der Waals surface area contributed by atoms with Crippen LogP contribution in [0.25, 0.3) is 6.08 Å². The molecule has 152 valence electrons. The summed E-state index contributed by atoms with van der Waals surface area (Å²) in [6, 6.07) is 24.4. The molecule has 1 aliphatic rings. The second-order valence-electron chi connectivity index (χ2n) is 7.12. The highest BCUT2D eigenvalue weighted by molar-refractivity contribution is 6.62. The van der Waals surface area contributed by atoms with E-state index in [0.29, 0.717) is 17.1 Å². The molecule has 1 fully saturated rings. The van der Waals surface area contributed by atoms with Crippen molar-refractivity contribution in [3.05, 3.63) is 102 Å². The van der Waals surface area contributed by atoms with Gasteiger partial charge < -0.3 is 4.74 Å². The molecule has 0 spiro atoms. The first-order valence-corrected chi connectivity index (χ1v) is 9.77. The number of ketones is 4.